The third kappa shape index (κ3) is 6.05. The maximum Gasteiger partial charge on any atom is 0.251 e. The van der Waals surface area contributed by atoms with Gasteiger partial charge >= 0.3 is 0 Å². The van der Waals surface area contributed by atoms with E-state index in [2.05, 4.69) is 32.5 Å². The lowest BCUT2D eigenvalue weighted by Crippen LogP contribution is -2.48. The van der Waals surface area contributed by atoms with E-state index in [4.69, 9.17) is 0 Å². The summed E-state index contributed by atoms with van der Waals surface area (Å²) in [6, 6.07) is 14.1. The highest BCUT2D eigenvalue weighted by Gasteiger charge is 2.27. The van der Waals surface area contributed by atoms with E-state index in [1.807, 2.05) is 18.2 Å². The second-order valence-corrected chi connectivity index (χ2v) is 9.53. The van der Waals surface area contributed by atoms with Gasteiger partial charge < -0.3 is 10.6 Å². The van der Waals surface area contributed by atoms with E-state index in [9.17, 15) is 14.0 Å². The molecule has 1 saturated heterocycles. The number of halogens is 1. The van der Waals surface area contributed by atoms with E-state index >= 15 is 0 Å². The standard InChI is InChI=1S/C25H28FN5O2S/c1-27-24(33)19-5-3-4-18(13-19)22-15-31(11-10-30(22)2)16-23(32)29-25-28-14-21(34-25)12-17-6-8-20(26)9-7-17/h3-9,13-14,22H,10-12,15-16H2,1-2H3,(H,27,33)(H,28,29,32). The number of rotatable bonds is 7. The molecule has 7 nitrogen and oxygen atoms in total. The molecule has 3 aromatic rings. The van der Waals surface area contributed by atoms with Crippen LogP contribution in [0.25, 0.3) is 0 Å². The van der Waals surface area contributed by atoms with Crippen LogP contribution < -0.4 is 10.6 Å². The van der Waals surface area contributed by atoms with Crippen molar-refractivity contribution < 1.29 is 14.0 Å². The van der Waals surface area contributed by atoms with Gasteiger partial charge in [-0.3, -0.25) is 19.4 Å². The number of anilines is 1. The summed E-state index contributed by atoms with van der Waals surface area (Å²) in [6.45, 7) is 2.56. The van der Waals surface area contributed by atoms with Gasteiger partial charge in [0.1, 0.15) is 5.82 Å². The highest BCUT2D eigenvalue weighted by Crippen LogP contribution is 2.25. The fourth-order valence-corrected chi connectivity index (χ4v) is 4.94. The molecule has 1 unspecified atom stereocenters. The molecule has 178 valence electrons. The molecule has 0 bridgehead atoms. The Morgan fingerprint density at radius 1 is 1.18 bits per heavy atom. The number of thiazole rings is 1. The summed E-state index contributed by atoms with van der Waals surface area (Å²) >= 11 is 1.43. The lowest BCUT2D eigenvalue weighted by molar-refractivity contribution is -0.118. The van der Waals surface area contributed by atoms with Gasteiger partial charge in [-0.2, -0.15) is 0 Å². The van der Waals surface area contributed by atoms with Crippen LogP contribution in [0.2, 0.25) is 0 Å². The zero-order valence-corrected chi connectivity index (χ0v) is 20.1. The fraction of sp³-hybridized carbons (Fsp3) is 0.320. The third-order valence-electron chi connectivity index (χ3n) is 5.95. The van der Waals surface area contributed by atoms with E-state index in [0.29, 0.717) is 23.7 Å². The van der Waals surface area contributed by atoms with Crippen LogP contribution in [0, 0.1) is 5.82 Å². The average molecular weight is 482 g/mol. The van der Waals surface area contributed by atoms with Crippen LogP contribution in [-0.4, -0.2) is 66.9 Å². The second-order valence-electron chi connectivity index (χ2n) is 8.42. The summed E-state index contributed by atoms with van der Waals surface area (Å²) in [5.74, 6) is -0.477. The zero-order chi connectivity index (χ0) is 24.1. The van der Waals surface area contributed by atoms with Gasteiger partial charge in [0.25, 0.3) is 5.91 Å². The van der Waals surface area contributed by atoms with Crippen LogP contribution in [0.1, 0.15) is 32.4 Å². The molecule has 1 fully saturated rings. The largest absolute Gasteiger partial charge is 0.355 e. The van der Waals surface area contributed by atoms with Gasteiger partial charge in [0.05, 0.1) is 6.54 Å². The Bertz CT molecular complexity index is 1150. The van der Waals surface area contributed by atoms with Crippen molar-refractivity contribution >= 4 is 28.3 Å². The molecule has 1 aliphatic rings. The van der Waals surface area contributed by atoms with Crippen molar-refractivity contribution in [1.82, 2.24) is 20.1 Å². The van der Waals surface area contributed by atoms with Crippen molar-refractivity contribution in [2.24, 2.45) is 0 Å². The number of nitrogens with zero attached hydrogens (tertiary/aromatic N) is 3. The third-order valence-corrected chi connectivity index (χ3v) is 6.86. The number of benzene rings is 2. The van der Waals surface area contributed by atoms with E-state index in [-0.39, 0.29) is 30.2 Å². The molecule has 9 heteroatoms. The minimum absolute atomic E-state index is 0.0910. The van der Waals surface area contributed by atoms with Crippen molar-refractivity contribution in [3.63, 3.8) is 0 Å². The van der Waals surface area contributed by atoms with Crippen molar-refractivity contribution in [2.45, 2.75) is 12.5 Å². The number of hydrogen-bond donors (Lipinski definition) is 2. The van der Waals surface area contributed by atoms with Crippen LogP contribution in [0.5, 0.6) is 0 Å². The van der Waals surface area contributed by atoms with Crippen molar-refractivity contribution in [3.05, 3.63) is 82.1 Å². The predicted octanol–water partition coefficient (Wildman–Crippen LogP) is 3.16. The monoisotopic (exact) mass is 481 g/mol. The second kappa shape index (κ2) is 10.9. The molecule has 2 heterocycles. The normalized spacial score (nSPS) is 16.9. The molecule has 1 aromatic heterocycles. The Hall–Kier alpha value is -3.14. The van der Waals surface area contributed by atoms with E-state index < -0.39 is 0 Å². The van der Waals surface area contributed by atoms with Gasteiger partial charge in [0.2, 0.25) is 5.91 Å². The smallest absolute Gasteiger partial charge is 0.251 e. The molecular weight excluding hydrogens is 453 g/mol. The summed E-state index contributed by atoms with van der Waals surface area (Å²) in [6.07, 6.45) is 2.39. The summed E-state index contributed by atoms with van der Waals surface area (Å²) in [7, 11) is 3.68. The van der Waals surface area contributed by atoms with E-state index in [0.717, 1.165) is 29.1 Å². The molecule has 2 aromatic carbocycles. The molecule has 0 spiro atoms. The minimum Gasteiger partial charge on any atom is -0.355 e. The minimum atomic E-state index is -0.258. The first-order chi connectivity index (χ1) is 16.4. The van der Waals surface area contributed by atoms with Crippen molar-refractivity contribution in [2.75, 3.05) is 45.6 Å². The number of aromatic nitrogens is 1. The Morgan fingerprint density at radius 3 is 2.74 bits per heavy atom. The molecule has 4 rings (SSSR count). The first-order valence-corrected chi connectivity index (χ1v) is 12.0. The maximum absolute atomic E-state index is 13.1. The fourth-order valence-electron chi connectivity index (χ4n) is 4.08. The van der Waals surface area contributed by atoms with Crippen LogP contribution in [-0.2, 0) is 11.2 Å². The number of carbonyl (C=O) groups excluding carboxylic acids is 2. The van der Waals surface area contributed by atoms with Crippen LogP contribution >= 0.6 is 11.3 Å². The summed E-state index contributed by atoms with van der Waals surface area (Å²) in [5.41, 5.74) is 2.68. The van der Waals surface area contributed by atoms with Crippen LogP contribution in [0.3, 0.4) is 0 Å². The SMILES string of the molecule is CNC(=O)c1cccc(C2CN(CC(=O)Nc3ncc(Cc4ccc(F)cc4)s3)CCN2C)c1. The Kier molecular flexibility index (Phi) is 7.66. The van der Waals surface area contributed by atoms with Gasteiger partial charge in [-0.15, -0.1) is 11.3 Å². The lowest BCUT2D eigenvalue weighted by Gasteiger charge is -2.39. The molecule has 1 atom stereocenters. The average Bonchev–Trinajstić information content (AvgIpc) is 3.27. The van der Waals surface area contributed by atoms with E-state index in [1.54, 1.807) is 31.4 Å². The van der Waals surface area contributed by atoms with Gasteiger partial charge in [0, 0.05) is 55.8 Å². The number of hydrogen-bond acceptors (Lipinski definition) is 6. The molecule has 0 saturated carbocycles. The quantitative estimate of drug-likeness (QED) is 0.542. The number of amides is 2. The first kappa shape index (κ1) is 24.0. The maximum atomic E-state index is 13.1. The number of carbonyl (C=O) groups is 2. The Labute approximate surface area is 202 Å². The highest BCUT2D eigenvalue weighted by atomic mass is 32.1. The number of piperazine rings is 1. The predicted molar refractivity (Wildman–Crippen MR) is 132 cm³/mol. The molecule has 34 heavy (non-hydrogen) atoms. The number of likely N-dealkylation sites (N-methyl/N-ethyl adjacent to an activating group) is 1. The van der Waals surface area contributed by atoms with Gasteiger partial charge in [-0.1, -0.05) is 24.3 Å². The summed E-state index contributed by atoms with van der Waals surface area (Å²) in [4.78, 5) is 34.4. The lowest BCUT2D eigenvalue weighted by atomic mass is 10.00. The molecular formula is C25H28FN5O2S. The van der Waals surface area contributed by atoms with Gasteiger partial charge in [-0.05, 0) is 42.4 Å². The number of nitrogens with one attached hydrogen (secondary N) is 2. The van der Waals surface area contributed by atoms with Crippen LogP contribution in [0.4, 0.5) is 9.52 Å². The topological polar surface area (TPSA) is 77.6 Å². The first-order valence-electron chi connectivity index (χ1n) is 11.1. The van der Waals surface area contributed by atoms with Crippen molar-refractivity contribution in [3.8, 4) is 0 Å². The van der Waals surface area contributed by atoms with Crippen LogP contribution in [0.15, 0.2) is 54.7 Å². The summed E-state index contributed by atoms with van der Waals surface area (Å²) in [5, 5.41) is 6.13. The molecule has 0 radical (unpaired) electrons. The molecule has 2 amide bonds. The van der Waals surface area contributed by atoms with Crippen molar-refractivity contribution in [1.29, 1.82) is 0 Å². The molecule has 1 aliphatic heterocycles. The Balaban J connectivity index is 1.34. The Morgan fingerprint density at radius 2 is 1.97 bits per heavy atom. The highest BCUT2D eigenvalue weighted by molar-refractivity contribution is 7.15. The van der Waals surface area contributed by atoms with Gasteiger partial charge in [0.15, 0.2) is 5.13 Å². The van der Waals surface area contributed by atoms with E-state index in [1.165, 1.54) is 23.5 Å². The summed E-state index contributed by atoms with van der Waals surface area (Å²) < 4.78 is 13.1. The molecule has 2 N–H and O–H groups in total. The van der Waals surface area contributed by atoms with Gasteiger partial charge in [-0.25, -0.2) is 9.37 Å². The zero-order valence-electron chi connectivity index (χ0n) is 19.3. The molecule has 0 aliphatic carbocycles.